The molecule has 0 bridgehead atoms. The van der Waals surface area contributed by atoms with Crippen molar-refractivity contribution in [1.29, 1.82) is 0 Å². The van der Waals surface area contributed by atoms with E-state index in [0.29, 0.717) is 30.5 Å². The van der Waals surface area contributed by atoms with Crippen molar-refractivity contribution in [2.24, 2.45) is 11.8 Å². The SMILES string of the molecule is CC(C)CC1CN(CCCC(F)(F)F)C(CC(C)C)CN1. The topological polar surface area (TPSA) is 15.3 Å². The zero-order chi connectivity index (χ0) is 16.0. The standard InChI is InChI=1S/C16H31F3N2/c1-12(2)8-14-11-21(7-5-6-16(17,18)19)15(10-20-14)9-13(3)4/h12-15,20H,5-11H2,1-4H3. The van der Waals surface area contributed by atoms with Crippen LogP contribution in [0.5, 0.6) is 0 Å². The van der Waals surface area contributed by atoms with E-state index in [1.165, 1.54) is 0 Å². The van der Waals surface area contributed by atoms with Crippen LogP contribution in [0.2, 0.25) is 0 Å². The molecular formula is C16H31F3N2. The van der Waals surface area contributed by atoms with Crippen LogP contribution < -0.4 is 5.32 Å². The lowest BCUT2D eigenvalue weighted by Crippen LogP contribution is -2.57. The molecule has 1 saturated heterocycles. The Bertz CT molecular complexity index is 290. The largest absolute Gasteiger partial charge is 0.389 e. The van der Waals surface area contributed by atoms with Gasteiger partial charge in [-0.25, -0.2) is 0 Å². The predicted octanol–water partition coefficient (Wildman–Crippen LogP) is 4.06. The van der Waals surface area contributed by atoms with Gasteiger partial charge in [0.2, 0.25) is 0 Å². The van der Waals surface area contributed by atoms with Crippen molar-refractivity contribution in [1.82, 2.24) is 10.2 Å². The molecule has 2 unspecified atom stereocenters. The van der Waals surface area contributed by atoms with E-state index in [-0.39, 0.29) is 6.42 Å². The summed E-state index contributed by atoms with van der Waals surface area (Å²) in [6.45, 7) is 11.1. The third kappa shape index (κ3) is 8.05. The van der Waals surface area contributed by atoms with Gasteiger partial charge in [-0.05, 0) is 37.6 Å². The van der Waals surface area contributed by atoms with Crippen molar-refractivity contribution in [2.45, 2.75) is 71.6 Å². The number of hydrogen-bond acceptors (Lipinski definition) is 2. The van der Waals surface area contributed by atoms with Gasteiger partial charge in [0.25, 0.3) is 0 Å². The van der Waals surface area contributed by atoms with Crippen molar-refractivity contribution in [3.8, 4) is 0 Å². The minimum atomic E-state index is -4.03. The van der Waals surface area contributed by atoms with Crippen LogP contribution in [0.15, 0.2) is 0 Å². The Morgan fingerprint density at radius 3 is 2.24 bits per heavy atom. The van der Waals surface area contributed by atoms with Crippen LogP contribution in [-0.4, -0.2) is 42.8 Å². The van der Waals surface area contributed by atoms with E-state index in [2.05, 4.69) is 37.9 Å². The average molecular weight is 308 g/mol. The fraction of sp³-hybridized carbons (Fsp3) is 1.00. The molecule has 1 heterocycles. The van der Waals surface area contributed by atoms with E-state index >= 15 is 0 Å². The highest BCUT2D eigenvalue weighted by Gasteiger charge is 2.30. The fourth-order valence-electron chi connectivity index (χ4n) is 3.19. The molecular weight excluding hydrogens is 277 g/mol. The molecule has 0 aromatic rings. The summed E-state index contributed by atoms with van der Waals surface area (Å²) in [4.78, 5) is 2.29. The van der Waals surface area contributed by atoms with Crippen molar-refractivity contribution in [3.63, 3.8) is 0 Å². The van der Waals surface area contributed by atoms with Crippen LogP contribution in [-0.2, 0) is 0 Å². The lowest BCUT2D eigenvalue weighted by Gasteiger charge is -2.42. The summed E-state index contributed by atoms with van der Waals surface area (Å²) in [5.41, 5.74) is 0. The molecule has 0 radical (unpaired) electrons. The monoisotopic (exact) mass is 308 g/mol. The number of piperazine rings is 1. The first-order valence-electron chi connectivity index (χ1n) is 8.21. The van der Waals surface area contributed by atoms with Gasteiger partial charge in [-0.3, -0.25) is 4.90 Å². The van der Waals surface area contributed by atoms with Crippen LogP contribution in [0.3, 0.4) is 0 Å². The summed E-state index contributed by atoms with van der Waals surface area (Å²) in [5, 5.41) is 3.58. The Kier molecular flexibility index (Phi) is 7.48. The highest BCUT2D eigenvalue weighted by molar-refractivity contribution is 4.87. The van der Waals surface area contributed by atoms with Gasteiger partial charge in [0.1, 0.15) is 0 Å². The second kappa shape index (κ2) is 8.37. The fourth-order valence-corrected chi connectivity index (χ4v) is 3.19. The quantitative estimate of drug-likeness (QED) is 0.763. The molecule has 0 saturated carbocycles. The van der Waals surface area contributed by atoms with Crippen LogP contribution in [0.1, 0.15) is 53.4 Å². The van der Waals surface area contributed by atoms with Crippen molar-refractivity contribution < 1.29 is 13.2 Å². The number of halogens is 3. The van der Waals surface area contributed by atoms with Gasteiger partial charge < -0.3 is 5.32 Å². The van der Waals surface area contributed by atoms with Crippen molar-refractivity contribution in [2.75, 3.05) is 19.6 Å². The Morgan fingerprint density at radius 2 is 1.71 bits per heavy atom. The highest BCUT2D eigenvalue weighted by atomic mass is 19.4. The molecule has 21 heavy (non-hydrogen) atoms. The third-order valence-corrected chi connectivity index (χ3v) is 4.02. The van der Waals surface area contributed by atoms with E-state index in [0.717, 1.165) is 25.9 Å². The molecule has 2 nitrogen and oxygen atoms in total. The first-order chi connectivity index (χ1) is 9.67. The van der Waals surface area contributed by atoms with Crippen LogP contribution in [0, 0.1) is 11.8 Å². The molecule has 0 spiro atoms. The van der Waals surface area contributed by atoms with E-state index in [1.807, 2.05) is 0 Å². The van der Waals surface area contributed by atoms with Gasteiger partial charge >= 0.3 is 6.18 Å². The predicted molar refractivity (Wildman–Crippen MR) is 81.4 cm³/mol. The molecule has 1 fully saturated rings. The third-order valence-electron chi connectivity index (χ3n) is 4.02. The normalized spacial score (nSPS) is 25.0. The zero-order valence-electron chi connectivity index (χ0n) is 13.8. The first kappa shape index (κ1) is 18.8. The number of nitrogens with zero attached hydrogens (tertiary/aromatic N) is 1. The summed E-state index contributed by atoms with van der Waals surface area (Å²) < 4.78 is 37.0. The molecule has 0 aliphatic carbocycles. The summed E-state index contributed by atoms with van der Waals surface area (Å²) in [5.74, 6) is 1.18. The Hall–Kier alpha value is -0.290. The van der Waals surface area contributed by atoms with Gasteiger partial charge in [0, 0.05) is 31.6 Å². The van der Waals surface area contributed by atoms with Gasteiger partial charge in [-0.15, -0.1) is 0 Å². The van der Waals surface area contributed by atoms with Gasteiger partial charge in [0.05, 0.1) is 0 Å². The summed E-state index contributed by atoms with van der Waals surface area (Å²) in [6, 6.07) is 0.793. The molecule has 2 atom stereocenters. The molecule has 5 heteroatoms. The molecule has 0 aromatic heterocycles. The minimum absolute atomic E-state index is 0.215. The maximum atomic E-state index is 12.3. The Balaban J connectivity index is 2.52. The Morgan fingerprint density at radius 1 is 1.10 bits per heavy atom. The number of hydrogen-bond donors (Lipinski definition) is 1. The molecule has 1 N–H and O–H groups in total. The van der Waals surface area contributed by atoms with E-state index in [9.17, 15) is 13.2 Å². The maximum Gasteiger partial charge on any atom is 0.389 e. The van der Waals surface area contributed by atoms with Crippen LogP contribution in [0.25, 0.3) is 0 Å². The van der Waals surface area contributed by atoms with Gasteiger partial charge in [-0.2, -0.15) is 13.2 Å². The molecule has 126 valence electrons. The molecule has 0 amide bonds. The van der Waals surface area contributed by atoms with Gasteiger partial charge in [-0.1, -0.05) is 27.7 Å². The summed E-state index contributed by atoms with van der Waals surface area (Å²) >= 11 is 0. The summed E-state index contributed by atoms with van der Waals surface area (Å²) in [6.07, 6.45) is -2.34. The smallest absolute Gasteiger partial charge is 0.311 e. The zero-order valence-corrected chi connectivity index (χ0v) is 13.8. The van der Waals surface area contributed by atoms with E-state index in [1.54, 1.807) is 0 Å². The van der Waals surface area contributed by atoms with Gasteiger partial charge in [0.15, 0.2) is 0 Å². The lowest BCUT2D eigenvalue weighted by molar-refractivity contribution is -0.136. The summed E-state index contributed by atoms with van der Waals surface area (Å²) in [7, 11) is 0. The number of rotatable bonds is 7. The second-order valence-electron chi connectivity index (χ2n) is 7.23. The highest BCUT2D eigenvalue weighted by Crippen LogP contribution is 2.23. The molecule has 0 aromatic carbocycles. The first-order valence-corrected chi connectivity index (χ1v) is 8.21. The lowest BCUT2D eigenvalue weighted by atomic mass is 9.95. The van der Waals surface area contributed by atoms with Crippen molar-refractivity contribution >= 4 is 0 Å². The maximum absolute atomic E-state index is 12.3. The van der Waals surface area contributed by atoms with Crippen molar-refractivity contribution in [3.05, 3.63) is 0 Å². The molecule has 1 aliphatic rings. The number of alkyl halides is 3. The number of nitrogens with one attached hydrogen (secondary N) is 1. The van der Waals surface area contributed by atoms with E-state index in [4.69, 9.17) is 0 Å². The van der Waals surface area contributed by atoms with Crippen LogP contribution in [0.4, 0.5) is 13.2 Å². The van der Waals surface area contributed by atoms with E-state index < -0.39 is 12.6 Å². The van der Waals surface area contributed by atoms with Crippen LogP contribution >= 0.6 is 0 Å². The second-order valence-corrected chi connectivity index (χ2v) is 7.23. The average Bonchev–Trinajstić information content (AvgIpc) is 2.29. The Labute approximate surface area is 127 Å². The molecule has 1 aliphatic heterocycles. The molecule has 1 rings (SSSR count). The minimum Gasteiger partial charge on any atom is -0.311 e.